The lowest BCUT2D eigenvalue weighted by molar-refractivity contribution is -0.117. The van der Waals surface area contributed by atoms with E-state index in [1.165, 1.54) is 5.56 Å². The third kappa shape index (κ3) is 4.00. The highest BCUT2D eigenvalue weighted by Crippen LogP contribution is 2.23. The molecule has 2 heterocycles. The number of carbonyl (C=O) groups excluding carboxylic acids is 1. The second-order valence-corrected chi connectivity index (χ2v) is 6.48. The van der Waals surface area contributed by atoms with Crippen molar-refractivity contribution in [3.8, 4) is 0 Å². The third-order valence-corrected chi connectivity index (χ3v) is 4.57. The second kappa shape index (κ2) is 7.57. The largest absolute Gasteiger partial charge is 0.312 e. The maximum Gasteiger partial charge on any atom is 0.227 e. The van der Waals surface area contributed by atoms with Crippen LogP contribution < -0.4 is 10.2 Å². The third-order valence-electron chi connectivity index (χ3n) is 4.57. The molecule has 1 aromatic carbocycles. The summed E-state index contributed by atoms with van der Waals surface area (Å²) in [5.41, 5.74) is 2.24. The van der Waals surface area contributed by atoms with Gasteiger partial charge in [0.05, 0.1) is 0 Å². The highest BCUT2D eigenvalue weighted by molar-refractivity contribution is 5.95. The van der Waals surface area contributed by atoms with Crippen LogP contribution in [0.5, 0.6) is 0 Å². The van der Waals surface area contributed by atoms with Gasteiger partial charge in [0.1, 0.15) is 12.7 Å². The fraction of sp³-hybridized carbons (Fsp3) is 0.500. The topological polar surface area (TPSA) is 63.1 Å². The first-order chi connectivity index (χ1) is 11.6. The Kier molecular flexibility index (Phi) is 5.25. The van der Waals surface area contributed by atoms with Crippen molar-refractivity contribution in [1.29, 1.82) is 0 Å². The van der Waals surface area contributed by atoms with Gasteiger partial charge in [-0.25, -0.2) is 4.98 Å². The van der Waals surface area contributed by atoms with Crippen molar-refractivity contribution in [2.45, 2.75) is 51.7 Å². The number of aryl methyl sites for hydroxylation is 1. The number of nitrogens with one attached hydrogen (secondary N) is 1. The van der Waals surface area contributed by atoms with Crippen LogP contribution in [0, 0.1) is 0 Å². The molecule has 3 rings (SSSR count). The van der Waals surface area contributed by atoms with Crippen LogP contribution in [0.2, 0.25) is 0 Å². The Morgan fingerprint density at radius 2 is 2.04 bits per heavy atom. The van der Waals surface area contributed by atoms with Crippen LogP contribution in [0.25, 0.3) is 0 Å². The normalized spacial score (nSPS) is 17.2. The highest BCUT2D eigenvalue weighted by atomic mass is 16.2. The molecule has 1 aliphatic heterocycles. The molecule has 1 N–H and O–H groups in total. The van der Waals surface area contributed by atoms with Gasteiger partial charge in [-0.15, -0.1) is 0 Å². The first kappa shape index (κ1) is 16.6. The van der Waals surface area contributed by atoms with Gasteiger partial charge in [-0.05, 0) is 44.4 Å². The van der Waals surface area contributed by atoms with Crippen LogP contribution >= 0.6 is 0 Å². The molecule has 24 heavy (non-hydrogen) atoms. The van der Waals surface area contributed by atoms with Crippen molar-refractivity contribution in [3.63, 3.8) is 0 Å². The minimum Gasteiger partial charge on any atom is -0.312 e. The lowest BCUT2D eigenvalue weighted by Gasteiger charge is -2.21. The molecule has 0 bridgehead atoms. The monoisotopic (exact) mass is 327 g/mol. The average molecular weight is 327 g/mol. The van der Waals surface area contributed by atoms with Gasteiger partial charge in [0, 0.05) is 37.3 Å². The summed E-state index contributed by atoms with van der Waals surface area (Å²) in [7, 11) is 0. The van der Waals surface area contributed by atoms with E-state index >= 15 is 0 Å². The maximum atomic E-state index is 11.8. The second-order valence-electron chi connectivity index (χ2n) is 6.48. The molecular formula is C18H25N5O. The zero-order valence-electron chi connectivity index (χ0n) is 14.4. The lowest BCUT2D eigenvalue weighted by atomic mass is 10.1. The summed E-state index contributed by atoms with van der Waals surface area (Å²) >= 11 is 0. The molecule has 1 saturated heterocycles. The molecule has 1 amide bonds. The summed E-state index contributed by atoms with van der Waals surface area (Å²) in [6.45, 7) is 6.05. The number of aromatic nitrogens is 3. The molecule has 1 aliphatic rings. The molecule has 6 nitrogen and oxygen atoms in total. The number of amides is 1. The number of rotatable bonds is 7. The van der Waals surface area contributed by atoms with E-state index in [2.05, 4.69) is 53.5 Å². The summed E-state index contributed by atoms with van der Waals surface area (Å²) < 4.78 is 1.85. The van der Waals surface area contributed by atoms with E-state index in [0.29, 0.717) is 12.5 Å². The smallest absolute Gasteiger partial charge is 0.227 e. The van der Waals surface area contributed by atoms with E-state index in [-0.39, 0.29) is 11.9 Å². The standard InChI is InChI=1S/C18H25N5O/c1-14(9-11-22-13-19-12-20-22)21-15(2)16-5-7-17(8-6-16)23-10-3-4-18(23)24/h5-8,12-15,21H,3-4,9-11H2,1-2H3/t14-,15+/m0/s1. The van der Waals surface area contributed by atoms with E-state index in [1.807, 2.05) is 9.58 Å². The predicted molar refractivity (Wildman–Crippen MR) is 93.7 cm³/mol. The predicted octanol–water partition coefficient (Wildman–Crippen LogP) is 2.53. The maximum absolute atomic E-state index is 11.8. The van der Waals surface area contributed by atoms with E-state index < -0.39 is 0 Å². The van der Waals surface area contributed by atoms with Gasteiger partial charge in [0.15, 0.2) is 0 Å². The first-order valence-corrected chi connectivity index (χ1v) is 8.62. The zero-order chi connectivity index (χ0) is 16.9. The molecule has 0 spiro atoms. The molecule has 1 aromatic heterocycles. The van der Waals surface area contributed by atoms with Crippen LogP contribution in [-0.2, 0) is 11.3 Å². The van der Waals surface area contributed by atoms with Gasteiger partial charge < -0.3 is 10.2 Å². The van der Waals surface area contributed by atoms with Crippen molar-refractivity contribution < 1.29 is 4.79 Å². The molecule has 0 aliphatic carbocycles. The molecule has 2 atom stereocenters. The van der Waals surface area contributed by atoms with Gasteiger partial charge in [-0.1, -0.05) is 12.1 Å². The Labute approximate surface area is 142 Å². The number of carbonyl (C=O) groups is 1. The van der Waals surface area contributed by atoms with Crippen molar-refractivity contribution in [2.24, 2.45) is 0 Å². The van der Waals surface area contributed by atoms with Crippen LogP contribution in [0.3, 0.4) is 0 Å². The Bertz CT molecular complexity index is 653. The SMILES string of the molecule is C[C@@H](CCn1cncn1)N[C@H](C)c1ccc(N2CCCC2=O)cc1. The first-order valence-electron chi connectivity index (χ1n) is 8.62. The van der Waals surface area contributed by atoms with Crippen LogP contribution in [0.1, 0.15) is 44.7 Å². The molecule has 128 valence electrons. The van der Waals surface area contributed by atoms with Crippen molar-refractivity contribution in [1.82, 2.24) is 20.1 Å². The lowest BCUT2D eigenvalue weighted by Crippen LogP contribution is -2.30. The van der Waals surface area contributed by atoms with Gasteiger partial charge in [-0.3, -0.25) is 9.48 Å². The van der Waals surface area contributed by atoms with Gasteiger partial charge in [0.2, 0.25) is 5.91 Å². The minimum atomic E-state index is 0.232. The number of benzene rings is 1. The molecule has 0 saturated carbocycles. The number of nitrogens with zero attached hydrogens (tertiary/aromatic N) is 4. The molecule has 6 heteroatoms. The summed E-state index contributed by atoms with van der Waals surface area (Å²) in [6, 6.07) is 8.97. The zero-order valence-corrected chi connectivity index (χ0v) is 14.4. The highest BCUT2D eigenvalue weighted by Gasteiger charge is 2.21. The average Bonchev–Trinajstić information content (AvgIpc) is 3.24. The van der Waals surface area contributed by atoms with E-state index in [1.54, 1.807) is 12.7 Å². The molecule has 0 radical (unpaired) electrons. The van der Waals surface area contributed by atoms with E-state index in [9.17, 15) is 4.79 Å². The Hall–Kier alpha value is -2.21. The van der Waals surface area contributed by atoms with Crippen LogP contribution in [0.15, 0.2) is 36.9 Å². The van der Waals surface area contributed by atoms with Crippen molar-refractivity contribution in [3.05, 3.63) is 42.5 Å². The molecule has 0 unspecified atom stereocenters. The Morgan fingerprint density at radius 3 is 2.67 bits per heavy atom. The Balaban J connectivity index is 1.52. The summed E-state index contributed by atoms with van der Waals surface area (Å²) in [4.78, 5) is 17.6. The summed E-state index contributed by atoms with van der Waals surface area (Å²) in [6.07, 6.45) is 5.93. The fourth-order valence-corrected chi connectivity index (χ4v) is 3.14. The van der Waals surface area contributed by atoms with Crippen LogP contribution in [0.4, 0.5) is 5.69 Å². The number of anilines is 1. The van der Waals surface area contributed by atoms with Crippen molar-refractivity contribution >= 4 is 11.6 Å². The van der Waals surface area contributed by atoms with Crippen molar-refractivity contribution in [2.75, 3.05) is 11.4 Å². The Morgan fingerprint density at radius 1 is 1.25 bits per heavy atom. The molecule has 2 aromatic rings. The van der Waals surface area contributed by atoms with E-state index in [0.717, 1.165) is 31.6 Å². The molecule has 1 fully saturated rings. The van der Waals surface area contributed by atoms with Crippen LogP contribution in [-0.4, -0.2) is 33.3 Å². The van der Waals surface area contributed by atoms with Gasteiger partial charge >= 0.3 is 0 Å². The van der Waals surface area contributed by atoms with Gasteiger partial charge in [-0.2, -0.15) is 5.10 Å². The number of hydrogen-bond acceptors (Lipinski definition) is 4. The van der Waals surface area contributed by atoms with Gasteiger partial charge in [0.25, 0.3) is 0 Å². The quantitative estimate of drug-likeness (QED) is 0.849. The molecular weight excluding hydrogens is 302 g/mol. The minimum absolute atomic E-state index is 0.232. The fourth-order valence-electron chi connectivity index (χ4n) is 3.14. The summed E-state index contributed by atoms with van der Waals surface area (Å²) in [5.74, 6) is 0.232. The van der Waals surface area contributed by atoms with E-state index in [4.69, 9.17) is 0 Å². The summed E-state index contributed by atoms with van der Waals surface area (Å²) in [5, 5.41) is 7.74. The number of hydrogen-bond donors (Lipinski definition) is 1.